The van der Waals surface area contributed by atoms with Gasteiger partial charge in [0.05, 0.1) is 11.4 Å². The van der Waals surface area contributed by atoms with E-state index in [0.717, 1.165) is 27.8 Å². The van der Waals surface area contributed by atoms with Crippen LogP contribution in [-0.4, -0.2) is 40.1 Å². The van der Waals surface area contributed by atoms with Gasteiger partial charge in [-0.2, -0.15) is 0 Å². The van der Waals surface area contributed by atoms with Gasteiger partial charge in [0.1, 0.15) is 12.7 Å². The molecule has 0 radical (unpaired) electrons. The van der Waals surface area contributed by atoms with E-state index in [4.69, 9.17) is 9.47 Å². The molecular formula is C23H30N2O5S. The molecule has 1 aliphatic rings. The maximum atomic E-state index is 12.9. The number of benzene rings is 2. The molecule has 168 valence electrons. The van der Waals surface area contributed by atoms with Crippen LogP contribution in [0.1, 0.15) is 34.2 Å². The van der Waals surface area contributed by atoms with Crippen LogP contribution in [0.5, 0.6) is 11.5 Å². The minimum Gasteiger partial charge on any atom is -0.486 e. The van der Waals surface area contributed by atoms with E-state index in [-0.39, 0.29) is 31.5 Å². The van der Waals surface area contributed by atoms with E-state index in [1.54, 1.807) is 0 Å². The number of rotatable bonds is 7. The van der Waals surface area contributed by atoms with Crippen molar-refractivity contribution in [3.63, 3.8) is 0 Å². The summed E-state index contributed by atoms with van der Waals surface area (Å²) in [5.41, 5.74) is 4.53. The van der Waals surface area contributed by atoms with Crippen LogP contribution < -0.4 is 19.5 Å². The second kappa shape index (κ2) is 9.28. The highest BCUT2D eigenvalue weighted by molar-refractivity contribution is 7.89. The number of carbonyl (C=O) groups is 1. The molecule has 0 saturated carbocycles. The van der Waals surface area contributed by atoms with Gasteiger partial charge in [0, 0.05) is 13.0 Å². The third-order valence-corrected chi connectivity index (χ3v) is 7.67. The van der Waals surface area contributed by atoms with E-state index < -0.39 is 10.0 Å². The Kier molecular flexibility index (Phi) is 6.91. The summed E-state index contributed by atoms with van der Waals surface area (Å²) in [6, 6.07) is 7.37. The van der Waals surface area contributed by atoms with Crippen molar-refractivity contribution in [2.24, 2.45) is 0 Å². The van der Waals surface area contributed by atoms with Crippen molar-refractivity contribution >= 4 is 15.9 Å². The van der Waals surface area contributed by atoms with Crippen molar-refractivity contribution in [3.05, 3.63) is 52.1 Å². The number of hydrogen-bond acceptors (Lipinski definition) is 5. The van der Waals surface area contributed by atoms with Crippen LogP contribution in [0.15, 0.2) is 29.2 Å². The zero-order valence-corrected chi connectivity index (χ0v) is 19.5. The molecule has 2 aromatic carbocycles. The van der Waals surface area contributed by atoms with Gasteiger partial charge in [0.2, 0.25) is 15.9 Å². The number of carbonyl (C=O) groups excluding carboxylic acids is 1. The average molecular weight is 447 g/mol. The summed E-state index contributed by atoms with van der Waals surface area (Å²) in [4.78, 5) is 12.5. The Labute approximate surface area is 184 Å². The number of hydrogen-bond donors (Lipinski definition) is 2. The Morgan fingerprint density at radius 1 is 0.968 bits per heavy atom. The average Bonchev–Trinajstić information content (AvgIpc) is 2.74. The number of nitrogens with one attached hydrogen (secondary N) is 2. The fourth-order valence-electron chi connectivity index (χ4n) is 3.72. The van der Waals surface area contributed by atoms with Crippen LogP contribution in [0.3, 0.4) is 0 Å². The van der Waals surface area contributed by atoms with Gasteiger partial charge in [-0.15, -0.1) is 0 Å². The first-order chi connectivity index (χ1) is 14.6. The molecule has 3 rings (SSSR count). The number of ether oxygens (including phenoxy) is 2. The fraction of sp³-hybridized carbons (Fsp3) is 0.435. The standard InChI is InChI=1S/C23H30N2O5S/c1-14-15(2)17(4)23(18(5)16(14)3)31(27,28)25-11-10-22(26)24-12-19-13-29-20-8-6-7-9-21(20)30-19/h6-9,19,25H,10-13H2,1-5H3,(H,24,26). The smallest absolute Gasteiger partial charge is 0.241 e. The lowest BCUT2D eigenvalue weighted by Crippen LogP contribution is -2.41. The molecule has 31 heavy (non-hydrogen) atoms. The third kappa shape index (κ3) is 5.02. The molecular weight excluding hydrogens is 416 g/mol. The lowest BCUT2D eigenvalue weighted by molar-refractivity contribution is -0.121. The van der Waals surface area contributed by atoms with E-state index in [1.165, 1.54) is 0 Å². The maximum absolute atomic E-state index is 12.9. The van der Waals surface area contributed by atoms with Crippen molar-refractivity contribution < 1.29 is 22.7 Å². The van der Waals surface area contributed by atoms with Crippen LogP contribution >= 0.6 is 0 Å². The minimum absolute atomic E-state index is 0.0177. The molecule has 0 fully saturated rings. The summed E-state index contributed by atoms with van der Waals surface area (Å²) in [7, 11) is -3.72. The highest BCUT2D eigenvalue weighted by Gasteiger charge is 2.24. The Bertz CT molecular complexity index is 1070. The lowest BCUT2D eigenvalue weighted by Gasteiger charge is -2.26. The SMILES string of the molecule is Cc1c(C)c(C)c(S(=O)(=O)NCCC(=O)NCC2COc3ccccc3O2)c(C)c1C. The Hall–Kier alpha value is -2.58. The van der Waals surface area contributed by atoms with E-state index in [0.29, 0.717) is 23.0 Å². The van der Waals surface area contributed by atoms with Crippen LogP contribution in [0.25, 0.3) is 0 Å². The second-order valence-corrected chi connectivity index (χ2v) is 9.61. The zero-order chi connectivity index (χ0) is 22.8. The van der Waals surface area contributed by atoms with E-state index in [9.17, 15) is 13.2 Å². The van der Waals surface area contributed by atoms with Gasteiger partial charge in [-0.05, 0) is 74.6 Å². The quantitative estimate of drug-likeness (QED) is 0.682. The monoisotopic (exact) mass is 446 g/mol. The van der Waals surface area contributed by atoms with Gasteiger partial charge >= 0.3 is 0 Å². The van der Waals surface area contributed by atoms with Crippen LogP contribution in [0.4, 0.5) is 0 Å². The molecule has 0 aromatic heterocycles. The van der Waals surface area contributed by atoms with Crippen molar-refractivity contribution in [2.75, 3.05) is 19.7 Å². The first-order valence-electron chi connectivity index (χ1n) is 10.3. The molecule has 1 atom stereocenters. The molecule has 7 nitrogen and oxygen atoms in total. The summed E-state index contributed by atoms with van der Waals surface area (Å²) in [6.45, 7) is 10.1. The molecule has 0 aliphatic carbocycles. The van der Waals surface area contributed by atoms with Crippen LogP contribution in [0, 0.1) is 34.6 Å². The van der Waals surface area contributed by atoms with E-state index in [2.05, 4.69) is 10.0 Å². The Morgan fingerprint density at radius 2 is 1.55 bits per heavy atom. The van der Waals surface area contributed by atoms with Gasteiger partial charge in [-0.1, -0.05) is 12.1 Å². The first kappa shape index (κ1) is 23.1. The largest absolute Gasteiger partial charge is 0.486 e. The molecule has 1 unspecified atom stereocenters. The predicted molar refractivity (Wildman–Crippen MR) is 119 cm³/mol. The molecule has 8 heteroatoms. The van der Waals surface area contributed by atoms with Crippen molar-refractivity contribution in [1.29, 1.82) is 0 Å². The van der Waals surface area contributed by atoms with Gasteiger partial charge in [-0.25, -0.2) is 13.1 Å². The van der Waals surface area contributed by atoms with E-state index >= 15 is 0 Å². The molecule has 2 aromatic rings. The second-order valence-electron chi connectivity index (χ2n) is 7.90. The fourth-order valence-corrected chi connectivity index (χ4v) is 5.35. The summed E-state index contributed by atoms with van der Waals surface area (Å²) >= 11 is 0. The summed E-state index contributed by atoms with van der Waals surface area (Å²) in [6.07, 6.45) is -0.259. The van der Waals surface area contributed by atoms with Crippen LogP contribution in [-0.2, 0) is 14.8 Å². The molecule has 0 spiro atoms. The summed E-state index contributed by atoms with van der Waals surface area (Å²) in [5.74, 6) is 1.08. The molecule has 0 saturated heterocycles. The van der Waals surface area contributed by atoms with Gasteiger partial charge < -0.3 is 14.8 Å². The normalized spacial score (nSPS) is 15.6. The van der Waals surface area contributed by atoms with E-state index in [1.807, 2.05) is 58.9 Å². The topological polar surface area (TPSA) is 93.7 Å². The minimum atomic E-state index is -3.72. The molecule has 2 N–H and O–H groups in total. The molecule has 1 aliphatic heterocycles. The third-order valence-electron chi connectivity index (χ3n) is 5.94. The first-order valence-corrected chi connectivity index (χ1v) is 11.8. The summed E-state index contributed by atoms with van der Waals surface area (Å²) < 4.78 is 39.8. The predicted octanol–water partition coefficient (Wildman–Crippen LogP) is 2.85. The summed E-state index contributed by atoms with van der Waals surface area (Å²) in [5, 5.41) is 2.78. The number of fused-ring (bicyclic) bond motifs is 1. The molecule has 1 heterocycles. The number of amides is 1. The Morgan fingerprint density at radius 3 is 2.19 bits per heavy atom. The van der Waals surface area contributed by atoms with Gasteiger partial charge in [0.15, 0.2) is 11.5 Å². The number of para-hydroxylation sites is 2. The van der Waals surface area contributed by atoms with Crippen molar-refractivity contribution in [1.82, 2.24) is 10.0 Å². The van der Waals surface area contributed by atoms with Crippen molar-refractivity contribution in [3.8, 4) is 11.5 Å². The number of sulfonamides is 1. The van der Waals surface area contributed by atoms with Gasteiger partial charge in [0.25, 0.3) is 0 Å². The highest BCUT2D eigenvalue weighted by Crippen LogP contribution is 2.31. The lowest BCUT2D eigenvalue weighted by atomic mass is 9.95. The highest BCUT2D eigenvalue weighted by atomic mass is 32.2. The molecule has 0 bridgehead atoms. The Balaban J connectivity index is 1.53. The van der Waals surface area contributed by atoms with Gasteiger partial charge in [-0.3, -0.25) is 4.79 Å². The van der Waals surface area contributed by atoms with Crippen molar-refractivity contribution in [2.45, 2.75) is 52.0 Å². The maximum Gasteiger partial charge on any atom is 0.241 e. The van der Waals surface area contributed by atoms with Crippen LogP contribution in [0.2, 0.25) is 0 Å². The molecule has 1 amide bonds. The zero-order valence-electron chi connectivity index (χ0n) is 18.7.